The van der Waals surface area contributed by atoms with Gasteiger partial charge in [0, 0.05) is 11.3 Å². The first kappa shape index (κ1) is 34.3. The standard InChI is InChI=1S/C50H44N2/c1-6-14-42(15-7-2)50(43-16-9-8-10-17-43)46-20-12-11-18-45(46)48-44(19-13-21-47(48)50)40-32-26-38(27-33-40)34-51-49(41-30-24-36(4)25-31-41)52-37(5)39-28-22-35(3)23-29-39/h6-33H,1,34H2,2-5H3/b15-7-,42-14+,51-49?,52-37?. The van der Waals surface area contributed by atoms with Crippen molar-refractivity contribution in [3.63, 3.8) is 0 Å². The summed E-state index contributed by atoms with van der Waals surface area (Å²) in [5.74, 6) is 0.737. The molecule has 2 nitrogen and oxygen atoms in total. The third-order valence-electron chi connectivity index (χ3n) is 10.1. The van der Waals surface area contributed by atoms with Crippen LogP contribution in [0.2, 0.25) is 0 Å². The van der Waals surface area contributed by atoms with E-state index < -0.39 is 5.41 Å². The molecule has 0 bridgehead atoms. The van der Waals surface area contributed by atoms with Crippen LogP contribution in [-0.2, 0) is 12.0 Å². The third kappa shape index (κ3) is 6.45. The molecule has 0 saturated carbocycles. The summed E-state index contributed by atoms with van der Waals surface area (Å²) in [7, 11) is 0. The number of aliphatic imine (C=N–C) groups is 2. The quantitative estimate of drug-likeness (QED) is 0.0830. The lowest BCUT2D eigenvalue weighted by atomic mass is 9.66. The zero-order valence-electron chi connectivity index (χ0n) is 30.5. The third-order valence-corrected chi connectivity index (χ3v) is 10.1. The summed E-state index contributed by atoms with van der Waals surface area (Å²) in [6, 6.07) is 52.4. The number of allylic oxidation sites excluding steroid dienone is 5. The first-order chi connectivity index (χ1) is 25.4. The molecule has 7 rings (SSSR count). The molecule has 0 heterocycles. The maximum Gasteiger partial charge on any atom is 0.155 e. The van der Waals surface area contributed by atoms with Gasteiger partial charge in [-0.25, -0.2) is 4.99 Å². The Balaban J connectivity index is 1.30. The Kier molecular flexibility index (Phi) is 9.91. The zero-order chi connectivity index (χ0) is 36.1. The highest BCUT2D eigenvalue weighted by molar-refractivity contribution is 6.11. The molecular weight excluding hydrogens is 629 g/mol. The van der Waals surface area contributed by atoms with Crippen LogP contribution in [-0.4, -0.2) is 11.5 Å². The van der Waals surface area contributed by atoms with Crippen molar-refractivity contribution in [2.24, 2.45) is 9.98 Å². The molecule has 2 heteroatoms. The molecule has 0 N–H and O–H groups in total. The molecule has 0 aliphatic heterocycles. The van der Waals surface area contributed by atoms with E-state index in [0.717, 1.165) is 28.2 Å². The monoisotopic (exact) mass is 672 g/mol. The highest BCUT2D eigenvalue weighted by Gasteiger charge is 2.47. The topological polar surface area (TPSA) is 24.7 Å². The van der Waals surface area contributed by atoms with Crippen LogP contribution in [0.4, 0.5) is 0 Å². The minimum Gasteiger partial charge on any atom is -0.261 e. The van der Waals surface area contributed by atoms with Crippen LogP contribution in [0.3, 0.4) is 0 Å². The largest absolute Gasteiger partial charge is 0.261 e. The van der Waals surface area contributed by atoms with Crippen molar-refractivity contribution in [1.82, 2.24) is 0 Å². The highest BCUT2D eigenvalue weighted by Crippen LogP contribution is 2.58. The summed E-state index contributed by atoms with van der Waals surface area (Å²) in [5, 5.41) is 0. The Morgan fingerprint density at radius 3 is 1.94 bits per heavy atom. The summed E-state index contributed by atoms with van der Waals surface area (Å²) in [5.41, 5.74) is 16.1. The minimum absolute atomic E-state index is 0.484. The van der Waals surface area contributed by atoms with Crippen molar-refractivity contribution in [2.75, 3.05) is 0 Å². The van der Waals surface area contributed by atoms with Crippen molar-refractivity contribution in [1.29, 1.82) is 0 Å². The highest BCUT2D eigenvalue weighted by atomic mass is 14.9. The van der Waals surface area contributed by atoms with Crippen LogP contribution in [0.5, 0.6) is 0 Å². The van der Waals surface area contributed by atoms with Gasteiger partial charge in [0.2, 0.25) is 0 Å². The fourth-order valence-corrected chi connectivity index (χ4v) is 7.53. The second-order valence-corrected chi connectivity index (χ2v) is 13.5. The van der Waals surface area contributed by atoms with E-state index >= 15 is 0 Å². The van der Waals surface area contributed by atoms with E-state index in [9.17, 15) is 0 Å². The van der Waals surface area contributed by atoms with Gasteiger partial charge in [-0.2, -0.15) is 0 Å². The predicted molar refractivity (Wildman–Crippen MR) is 222 cm³/mol. The van der Waals surface area contributed by atoms with Crippen molar-refractivity contribution < 1.29 is 0 Å². The second-order valence-electron chi connectivity index (χ2n) is 13.5. The zero-order valence-corrected chi connectivity index (χ0v) is 30.5. The van der Waals surface area contributed by atoms with Gasteiger partial charge in [-0.15, -0.1) is 0 Å². The summed E-state index contributed by atoms with van der Waals surface area (Å²) >= 11 is 0. The number of hydrogen-bond acceptors (Lipinski definition) is 1. The molecule has 254 valence electrons. The molecule has 0 saturated heterocycles. The lowest BCUT2D eigenvalue weighted by Crippen LogP contribution is -2.29. The molecule has 1 atom stereocenters. The van der Waals surface area contributed by atoms with Gasteiger partial charge in [0.05, 0.1) is 12.0 Å². The van der Waals surface area contributed by atoms with Gasteiger partial charge in [0.25, 0.3) is 0 Å². The van der Waals surface area contributed by atoms with E-state index in [-0.39, 0.29) is 0 Å². The fraction of sp³-hybridized carbons (Fsp3) is 0.120. The molecule has 0 aromatic heterocycles. The van der Waals surface area contributed by atoms with Gasteiger partial charge in [0.15, 0.2) is 5.84 Å². The molecule has 6 aromatic rings. The van der Waals surface area contributed by atoms with Crippen molar-refractivity contribution in [3.8, 4) is 22.3 Å². The van der Waals surface area contributed by atoms with Crippen molar-refractivity contribution >= 4 is 11.5 Å². The van der Waals surface area contributed by atoms with Crippen molar-refractivity contribution in [3.05, 3.63) is 227 Å². The smallest absolute Gasteiger partial charge is 0.155 e. The summed E-state index contributed by atoms with van der Waals surface area (Å²) in [6.45, 7) is 13.0. The molecule has 0 amide bonds. The van der Waals surface area contributed by atoms with E-state index in [1.54, 1.807) is 0 Å². The predicted octanol–water partition coefficient (Wildman–Crippen LogP) is 12.4. The number of rotatable bonds is 9. The summed E-state index contributed by atoms with van der Waals surface area (Å²) in [4.78, 5) is 10.1. The molecule has 52 heavy (non-hydrogen) atoms. The van der Waals surface area contributed by atoms with E-state index in [1.165, 1.54) is 55.6 Å². The van der Waals surface area contributed by atoms with Crippen LogP contribution >= 0.6 is 0 Å². The summed E-state index contributed by atoms with van der Waals surface area (Å²) in [6.07, 6.45) is 8.44. The fourth-order valence-electron chi connectivity index (χ4n) is 7.53. The Hall–Kier alpha value is -6.12. The number of hydrogen-bond donors (Lipinski definition) is 0. The van der Waals surface area contributed by atoms with E-state index in [2.05, 4.69) is 198 Å². The summed E-state index contributed by atoms with van der Waals surface area (Å²) < 4.78 is 0. The van der Waals surface area contributed by atoms with Crippen LogP contribution in [0.1, 0.15) is 58.4 Å². The van der Waals surface area contributed by atoms with Gasteiger partial charge in [-0.1, -0.05) is 188 Å². The number of benzene rings is 6. The van der Waals surface area contributed by atoms with Crippen molar-refractivity contribution in [2.45, 2.75) is 39.7 Å². The van der Waals surface area contributed by atoms with Crippen LogP contribution in [0.25, 0.3) is 22.3 Å². The van der Waals surface area contributed by atoms with E-state index in [4.69, 9.17) is 9.98 Å². The lowest BCUT2D eigenvalue weighted by molar-refractivity contribution is 0.767. The first-order valence-electron chi connectivity index (χ1n) is 18.0. The molecule has 1 aliphatic rings. The average Bonchev–Trinajstić information content (AvgIpc) is 3.49. The Bertz CT molecular complexity index is 2340. The number of amidine groups is 1. The minimum atomic E-state index is -0.484. The number of fused-ring (bicyclic) bond motifs is 3. The van der Waals surface area contributed by atoms with Gasteiger partial charge in [-0.3, -0.25) is 4.99 Å². The average molecular weight is 673 g/mol. The molecule has 1 aliphatic carbocycles. The molecule has 0 radical (unpaired) electrons. The SMILES string of the molecule is C=C/C=C(\C=C/C)C1(c2ccccc2)c2ccccc2-c2c(-c3ccc(CN=C(N=C(C)c4ccc(C)cc4)c4ccc(C)cc4)cc3)cccc21. The van der Waals surface area contributed by atoms with Gasteiger partial charge >= 0.3 is 0 Å². The Labute approximate surface area is 309 Å². The second kappa shape index (κ2) is 15.0. The van der Waals surface area contributed by atoms with Crippen LogP contribution in [0, 0.1) is 13.8 Å². The lowest BCUT2D eigenvalue weighted by Gasteiger charge is -2.34. The maximum absolute atomic E-state index is 5.08. The normalized spacial score (nSPS) is 15.8. The first-order valence-corrected chi connectivity index (χ1v) is 18.0. The Morgan fingerprint density at radius 1 is 0.654 bits per heavy atom. The maximum atomic E-state index is 5.08. The van der Waals surface area contributed by atoms with Crippen LogP contribution in [0.15, 0.2) is 192 Å². The van der Waals surface area contributed by atoms with Gasteiger partial charge in [-0.05, 0) is 83.3 Å². The molecule has 0 spiro atoms. The molecule has 1 unspecified atom stereocenters. The number of nitrogens with zero attached hydrogens (tertiary/aromatic N) is 2. The van der Waals surface area contributed by atoms with E-state index in [0.29, 0.717) is 6.54 Å². The number of aryl methyl sites for hydroxylation is 2. The van der Waals surface area contributed by atoms with E-state index in [1.807, 2.05) is 6.08 Å². The molecular formula is C50H44N2. The Morgan fingerprint density at radius 2 is 1.27 bits per heavy atom. The van der Waals surface area contributed by atoms with Crippen LogP contribution < -0.4 is 0 Å². The molecule has 6 aromatic carbocycles. The van der Waals surface area contributed by atoms with Gasteiger partial charge in [0.1, 0.15) is 0 Å². The molecule has 0 fully saturated rings. The van der Waals surface area contributed by atoms with Gasteiger partial charge < -0.3 is 0 Å².